The van der Waals surface area contributed by atoms with Crippen LogP contribution in [0.1, 0.15) is 18.5 Å². The number of hydrogen-bond donors (Lipinski definition) is 1. The third-order valence-corrected chi connectivity index (χ3v) is 4.77. The smallest absolute Gasteiger partial charge is 0.225 e. The van der Waals surface area contributed by atoms with Crippen molar-refractivity contribution in [3.8, 4) is 11.3 Å². The molecular formula is C21H22N6O. The zero-order valence-electron chi connectivity index (χ0n) is 15.5. The van der Waals surface area contributed by atoms with Crippen LogP contribution in [0.2, 0.25) is 0 Å². The molecule has 0 aromatic carbocycles. The number of nitrogens with zero attached hydrogens (tertiary/aromatic N) is 5. The number of nitrogens with one attached hydrogen (secondary N) is 1. The van der Waals surface area contributed by atoms with Crippen LogP contribution >= 0.6 is 0 Å². The summed E-state index contributed by atoms with van der Waals surface area (Å²) in [5, 5.41) is 3.12. The van der Waals surface area contributed by atoms with Gasteiger partial charge in [-0.1, -0.05) is 6.07 Å². The fourth-order valence-electron chi connectivity index (χ4n) is 3.32. The number of carbonyl (C=O) groups excluding carboxylic acids is 1. The lowest BCUT2D eigenvalue weighted by atomic mass is 10.2. The summed E-state index contributed by atoms with van der Waals surface area (Å²) >= 11 is 0. The van der Waals surface area contributed by atoms with Crippen molar-refractivity contribution >= 4 is 11.9 Å². The van der Waals surface area contributed by atoms with Gasteiger partial charge in [-0.2, -0.15) is 0 Å². The van der Waals surface area contributed by atoms with Crippen LogP contribution in [0.15, 0.2) is 61.2 Å². The Kier molecular flexibility index (Phi) is 5.51. The van der Waals surface area contributed by atoms with Gasteiger partial charge in [0.15, 0.2) is 0 Å². The van der Waals surface area contributed by atoms with Gasteiger partial charge in [0.1, 0.15) is 0 Å². The van der Waals surface area contributed by atoms with Crippen molar-refractivity contribution in [1.29, 1.82) is 0 Å². The number of amides is 1. The molecule has 1 aliphatic heterocycles. The highest BCUT2D eigenvalue weighted by molar-refractivity contribution is 5.76. The van der Waals surface area contributed by atoms with Gasteiger partial charge in [-0.3, -0.25) is 14.8 Å². The van der Waals surface area contributed by atoms with E-state index in [4.69, 9.17) is 0 Å². The molecule has 0 bridgehead atoms. The molecule has 0 aliphatic carbocycles. The number of pyridine rings is 2. The minimum absolute atomic E-state index is 0.0579. The molecule has 1 aliphatic rings. The second-order valence-electron chi connectivity index (χ2n) is 6.80. The van der Waals surface area contributed by atoms with Crippen molar-refractivity contribution < 1.29 is 4.79 Å². The van der Waals surface area contributed by atoms with E-state index in [1.165, 1.54) is 0 Å². The maximum Gasteiger partial charge on any atom is 0.225 e. The summed E-state index contributed by atoms with van der Waals surface area (Å²) in [6.45, 7) is 1.54. The van der Waals surface area contributed by atoms with E-state index in [1.54, 1.807) is 24.8 Å². The monoisotopic (exact) mass is 374 g/mol. The first-order valence-corrected chi connectivity index (χ1v) is 9.45. The van der Waals surface area contributed by atoms with E-state index in [1.807, 2.05) is 36.4 Å². The minimum Gasteiger partial charge on any atom is -0.352 e. The summed E-state index contributed by atoms with van der Waals surface area (Å²) in [5.74, 6) is 0.745. The molecule has 4 heterocycles. The van der Waals surface area contributed by atoms with Crippen LogP contribution in [-0.4, -0.2) is 45.0 Å². The van der Waals surface area contributed by atoms with E-state index in [0.29, 0.717) is 25.3 Å². The predicted octanol–water partition coefficient (Wildman–Crippen LogP) is 2.26. The fourth-order valence-corrected chi connectivity index (χ4v) is 3.32. The second kappa shape index (κ2) is 8.56. The predicted molar refractivity (Wildman–Crippen MR) is 107 cm³/mol. The van der Waals surface area contributed by atoms with Gasteiger partial charge < -0.3 is 10.2 Å². The lowest BCUT2D eigenvalue weighted by molar-refractivity contribution is -0.121. The molecule has 1 atom stereocenters. The van der Waals surface area contributed by atoms with Crippen LogP contribution in [-0.2, 0) is 11.2 Å². The van der Waals surface area contributed by atoms with Crippen LogP contribution in [0.4, 0.5) is 5.95 Å². The number of aryl methyl sites for hydroxylation is 1. The highest BCUT2D eigenvalue weighted by Gasteiger charge is 2.25. The third kappa shape index (κ3) is 4.49. The molecule has 3 aromatic heterocycles. The maximum atomic E-state index is 12.3. The summed E-state index contributed by atoms with van der Waals surface area (Å²) in [5.41, 5.74) is 2.75. The second-order valence-corrected chi connectivity index (χ2v) is 6.80. The molecule has 3 aromatic rings. The Hall–Kier alpha value is -3.35. The van der Waals surface area contributed by atoms with Crippen molar-refractivity contribution in [2.24, 2.45) is 0 Å². The molecule has 1 amide bonds. The van der Waals surface area contributed by atoms with E-state index in [9.17, 15) is 4.79 Å². The van der Waals surface area contributed by atoms with Gasteiger partial charge in [0.25, 0.3) is 0 Å². The summed E-state index contributed by atoms with van der Waals surface area (Å²) in [6, 6.07) is 11.6. The standard InChI is InChI=1S/C21H22N6O/c28-20(7-6-17-5-1-2-11-23-17)25-18-9-13-27(15-18)21-24-12-8-19(26-21)16-4-3-10-22-14-16/h1-5,8,10-12,14,18H,6-7,9,13,15H2,(H,25,28). The molecule has 1 N–H and O–H groups in total. The van der Waals surface area contributed by atoms with Gasteiger partial charge in [0, 0.05) is 61.6 Å². The maximum absolute atomic E-state index is 12.3. The zero-order chi connectivity index (χ0) is 19.2. The van der Waals surface area contributed by atoms with Crippen molar-refractivity contribution in [2.75, 3.05) is 18.0 Å². The average Bonchev–Trinajstić information content (AvgIpc) is 3.22. The van der Waals surface area contributed by atoms with Crippen LogP contribution in [0.25, 0.3) is 11.3 Å². The first-order valence-electron chi connectivity index (χ1n) is 9.45. The molecule has 0 radical (unpaired) electrons. The molecule has 1 unspecified atom stereocenters. The molecule has 0 saturated carbocycles. The van der Waals surface area contributed by atoms with Gasteiger partial charge in [-0.15, -0.1) is 0 Å². The number of anilines is 1. The Morgan fingerprint density at radius 2 is 2.07 bits per heavy atom. The largest absolute Gasteiger partial charge is 0.352 e. The number of hydrogen-bond acceptors (Lipinski definition) is 6. The topological polar surface area (TPSA) is 83.9 Å². The Balaban J connectivity index is 1.32. The Morgan fingerprint density at radius 3 is 2.89 bits per heavy atom. The van der Waals surface area contributed by atoms with Crippen LogP contribution < -0.4 is 10.2 Å². The van der Waals surface area contributed by atoms with Crippen molar-refractivity contribution in [3.05, 3.63) is 66.9 Å². The molecule has 0 spiro atoms. The molecule has 7 nitrogen and oxygen atoms in total. The Bertz CT molecular complexity index is 918. The molecule has 1 fully saturated rings. The van der Waals surface area contributed by atoms with Gasteiger partial charge >= 0.3 is 0 Å². The Morgan fingerprint density at radius 1 is 1.11 bits per heavy atom. The van der Waals surface area contributed by atoms with E-state index in [0.717, 1.165) is 29.9 Å². The number of aromatic nitrogens is 4. The van der Waals surface area contributed by atoms with Gasteiger partial charge in [0.2, 0.25) is 11.9 Å². The third-order valence-electron chi connectivity index (χ3n) is 4.77. The van der Waals surface area contributed by atoms with Crippen molar-refractivity contribution in [3.63, 3.8) is 0 Å². The molecule has 28 heavy (non-hydrogen) atoms. The zero-order valence-corrected chi connectivity index (χ0v) is 15.5. The summed E-state index contributed by atoms with van der Waals surface area (Å²) in [4.78, 5) is 31.9. The molecule has 4 rings (SSSR count). The quantitative estimate of drug-likeness (QED) is 0.713. The highest BCUT2D eigenvalue weighted by atomic mass is 16.1. The van der Waals surface area contributed by atoms with E-state index < -0.39 is 0 Å². The highest BCUT2D eigenvalue weighted by Crippen LogP contribution is 2.20. The fraction of sp³-hybridized carbons (Fsp3) is 0.286. The normalized spacial score (nSPS) is 16.1. The van der Waals surface area contributed by atoms with Gasteiger partial charge in [-0.25, -0.2) is 9.97 Å². The molecule has 142 valence electrons. The van der Waals surface area contributed by atoms with Gasteiger partial charge in [0.05, 0.1) is 5.69 Å². The number of carbonyl (C=O) groups is 1. The first-order chi connectivity index (χ1) is 13.8. The Labute approximate surface area is 163 Å². The van der Waals surface area contributed by atoms with Crippen LogP contribution in [0, 0.1) is 0 Å². The van der Waals surface area contributed by atoms with Crippen LogP contribution in [0.5, 0.6) is 0 Å². The van der Waals surface area contributed by atoms with E-state index >= 15 is 0 Å². The lowest BCUT2D eigenvalue weighted by Gasteiger charge is -2.17. The molecule has 7 heteroatoms. The SMILES string of the molecule is O=C(CCc1ccccn1)NC1CCN(c2nccc(-c3cccnc3)n2)C1. The average molecular weight is 374 g/mol. The summed E-state index contributed by atoms with van der Waals surface area (Å²) in [7, 11) is 0. The van der Waals surface area contributed by atoms with Crippen molar-refractivity contribution in [2.45, 2.75) is 25.3 Å². The molecular weight excluding hydrogens is 352 g/mol. The lowest BCUT2D eigenvalue weighted by Crippen LogP contribution is -2.37. The summed E-state index contributed by atoms with van der Waals surface area (Å²) < 4.78 is 0. The van der Waals surface area contributed by atoms with Gasteiger partial charge in [-0.05, 0) is 43.2 Å². The van der Waals surface area contributed by atoms with Crippen molar-refractivity contribution in [1.82, 2.24) is 25.3 Å². The van der Waals surface area contributed by atoms with E-state index in [-0.39, 0.29) is 11.9 Å². The van der Waals surface area contributed by atoms with Crippen LogP contribution in [0.3, 0.4) is 0 Å². The van der Waals surface area contributed by atoms with E-state index in [2.05, 4.69) is 30.2 Å². The minimum atomic E-state index is 0.0579. The molecule has 1 saturated heterocycles. The summed E-state index contributed by atoms with van der Waals surface area (Å²) in [6.07, 6.45) is 9.04. The number of rotatable bonds is 6. The first kappa shape index (κ1) is 18.0.